The number of carbonyl (C=O) groups is 2. The summed E-state index contributed by atoms with van der Waals surface area (Å²) in [5.74, 6) is -1.46. The SMILES string of the molecule is CC(=O)[C@@H](CC(Cl)(Cl)Cl)C1=C(O)CC(C)(C)CC1=O. The van der Waals surface area contributed by atoms with Gasteiger partial charge in [0.05, 0.1) is 5.92 Å². The van der Waals surface area contributed by atoms with Crippen LogP contribution in [0, 0.1) is 11.3 Å². The molecule has 0 unspecified atom stereocenters. The number of hydrogen-bond acceptors (Lipinski definition) is 3. The van der Waals surface area contributed by atoms with Gasteiger partial charge in [-0.3, -0.25) is 9.59 Å². The first-order valence-corrected chi connectivity index (χ1v) is 7.09. The van der Waals surface area contributed by atoms with Crippen LogP contribution in [0.5, 0.6) is 0 Å². The number of rotatable bonds is 3. The van der Waals surface area contributed by atoms with E-state index in [1.54, 1.807) is 0 Å². The summed E-state index contributed by atoms with van der Waals surface area (Å²) in [5.41, 5.74) is -0.204. The number of hydrogen-bond donors (Lipinski definition) is 1. The molecule has 1 atom stereocenters. The molecule has 0 aliphatic heterocycles. The van der Waals surface area contributed by atoms with Crippen molar-refractivity contribution in [3.8, 4) is 0 Å². The van der Waals surface area contributed by atoms with Gasteiger partial charge in [0.2, 0.25) is 0 Å². The molecule has 0 saturated carbocycles. The molecule has 0 radical (unpaired) electrons. The van der Waals surface area contributed by atoms with Gasteiger partial charge in [0.1, 0.15) is 11.5 Å². The summed E-state index contributed by atoms with van der Waals surface area (Å²) >= 11 is 17.1. The summed E-state index contributed by atoms with van der Waals surface area (Å²) < 4.78 is -1.64. The monoisotopic (exact) mass is 326 g/mol. The third-order valence-electron chi connectivity index (χ3n) is 3.17. The Morgan fingerprint density at radius 3 is 2.26 bits per heavy atom. The van der Waals surface area contributed by atoms with Crippen LogP contribution in [0.25, 0.3) is 0 Å². The second-order valence-electron chi connectivity index (χ2n) is 5.78. The summed E-state index contributed by atoms with van der Waals surface area (Å²) in [7, 11) is 0. The van der Waals surface area contributed by atoms with Crippen molar-refractivity contribution in [1.82, 2.24) is 0 Å². The molecule has 108 valence electrons. The van der Waals surface area contributed by atoms with E-state index in [4.69, 9.17) is 34.8 Å². The number of Topliss-reactive ketones (excluding diaryl/α,β-unsaturated/α-hetero) is 2. The van der Waals surface area contributed by atoms with Gasteiger partial charge in [-0.1, -0.05) is 48.7 Å². The fraction of sp³-hybridized carbons (Fsp3) is 0.692. The van der Waals surface area contributed by atoms with E-state index < -0.39 is 9.71 Å². The highest BCUT2D eigenvalue weighted by Crippen LogP contribution is 2.42. The van der Waals surface area contributed by atoms with Gasteiger partial charge in [0.15, 0.2) is 9.58 Å². The molecule has 1 N–H and O–H groups in total. The number of allylic oxidation sites excluding steroid dienone is 2. The minimum Gasteiger partial charge on any atom is -0.512 e. The van der Waals surface area contributed by atoms with Crippen LogP contribution in [-0.4, -0.2) is 20.5 Å². The third kappa shape index (κ3) is 4.66. The quantitative estimate of drug-likeness (QED) is 0.792. The molecule has 3 nitrogen and oxygen atoms in total. The lowest BCUT2D eigenvalue weighted by Crippen LogP contribution is -2.32. The first-order chi connectivity index (χ1) is 8.43. The number of halogens is 3. The lowest BCUT2D eigenvalue weighted by molar-refractivity contribution is -0.124. The van der Waals surface area contributed by atoms with E-state index in [1.165, 1.54) is 6.92 Å². The van der Waals surface area contributed by atoms with Gasteiger partial charge < -0.3 is 5.11 Å². The van der Waals surface area contributed by atoms with E-state index >= 15 is 0 Å². The van der Waals surface area contributed by atoms with Gasteiger partial charge in [0.25, 0.3) is 0 Å². The Morgan fingerprint density at radius 1 is 1.37 bits per heavy atom. The fourth-order valence-electron chi connectivity index (χ4n) is 2.38. The Hall–Kier alpha value is -0.250. The standard InChI is InChI=1S/C13H17Cl3O3/c1-7(17)8(4-13(14,15)16)11-9(18)5-12(2,3)6-10(11)19/h8,18H,4-6H2,1-3H3/t8-/m1/s1. The van der Waals surface area contributed by atoms with Crippen molar-refractivity contribution in [3.05, 3.63) is 11.3 Å². The molecule has 1 aliphatic rings. The largest absolute Gasteiger partial charge is 0.512 e. The highest BCUT2D eigenvalue weighted by atomic mass is 35.6. The molecule has 0 saturated heterocycles. The van der Waals surface area contributed by atoms with E-state index in [-0.39, 0.29) is 41.2 Å². The Kier molecular flexibility index (Phi) is 4.98. The number of alkyl halides is 3. The van der Waals surface area contributed by atoms with Gasteiger partial charge in [-0.25, -0.2) is 0 Å². The summed E-state index contributed by atoms with van der Waals surface area (Å²) in [5, 5.41) is 10.1. The normalized spacial score (nSPS) is 21.5. The first kappa shape index (κ1) is 16.8. The second kappa shape index (κ2) is 5.63. The van der Waals surface area contributed by atoms with Crippen LogP contribution in [0.3, 0.4) is 0 Å². The Morgan fingerprint density at radius 2 is 1.89 bits per heavy atom. The van der Waals surface area contributed by atoms with Crippen molar-refractivity contribution >= 4 is 46.4 Å². The van der Waals surface area contributed by atoms with Gasteiger partial charge in [-0.05, 0) is 12.3 Å². The maximum atomic E-state index is 12.2. The smallest absolute Gasteiger partial charge is 0.191 e. The Balaban J connectivity index is 3.16. The molecule has 0 bridgehead atoms. The van der Waals surface area contributed by atoms with Crippen molar-refractivity contribution in [2.24, 2.45) is 11.3 Å². The van der Waals surface area contributed by atoms with Crippen molar-refractivity contribution in [1.29, 1.82) is 0 Å². The van der Waals surface area contributed by atoms with Crippen LogP contribution < -0.4 is 0 Å². The molecular weight excluding hydrogens is 310 g/mol. The van der Waals surface area contributed by atoms with E-state index in [0.29, 0.717) is 6.42 Å². The van der Waals surface area contributed by atoms with Gasteiger partial charge in [-0.15, -0.1) is 0 Å². The summed E-state index contributed by atoms with van der Waals surface area (Å²) in [6.45, 7) is 5.10. The van der Waals surface area contributed by atoms with Crippen molar-refractivity contribution < 1.29 is 14.7 Å². The maximum Gasteiger partial charge on any atom is 0.191 e. The minimum atomic E-state index is -1.64. The number of carbonyl (C=O) groups excluding carboxylic acids is 2. The topological polar surface area (TPSA) is 54.4 Å². The molecule has 0 amide bonds. The first-order valence-electron chi connectivity index (χ1n) is 5.95. The van der Waals surface area contributed by atoms with Crippen LogP contribution in [0.4, 0.5) is 0 Å². The maximum absolute atomic E-state index is 12.2. The highest BCUT2D eigenvalue weighted by molar-refractivity contribution is 6.67. The average Bonchev–Trinajstić information content (AvgIpc) is 2.10. The van der Waals surface area contributed by atoms with Gasteiger partial charge in [0, 0.05) is 24.8 Å². The number of aliphatic hydroxyl groups excluding tert-OH is 1. The molecule has 0 aromatic carbocycles. The molecule has 0 aromatic heterocycles. The molecule has 6 heteroatoms. The molecule has 0 heterocycles. The highest BCUT2D eigenvalue weighted by Gasteiger charge is 2.40. The van der Waals surface area contributed by atoms with E-state index in [0.717, 1.165) is 0 Å². The Bertz CT molecular complexity index is 433. The number of aliphatic hydroxyl groups is 1. The predicted octanol–water partition coefficient (Wildman–Crippen LogP) is 4.15. The van der Waals surface area contributed by atoms with Crippen LogP contribution in [0.1, 0.15) is 40.0 Å². The molecular formula is C13H17Cl3O3. The number of ketones is 2. The lowest BCUT2D eigenvalue weighted by Gasteiger charge is -2.32. The zero-order valence-electron chi connectivity index (χ0n) is 11.1. The van der Waals surface area contributed by atoms with E-state index in [9.17, 15) is 14.7 Å². The Labute approximate surface area is 127 Å². The van der Waals surface area contributed by atoms with E-state index in [2.05, 4.69) is 0 Å². The minimum absolute atomic E-state index is 0.0595. The summed E-state index contributed by atoms with van der Waals surface area (Å²) in [6, 6.07) is 0. The van der Waals surface area contributed by atoms with Gasteiger partial charge in [-0.2, -0.15) is 0 Å². The van der Waals surface area contributed by atoms with Crippen LogP contribution in [-0.2, 0) is 9.59 Å². The molecule has 0 fully saturated rings. The van der Waals surface area contributed by atoms with Crippen molar-refractivity contribution in [3.63, 3.8) is 0 Å². The predicted molar refractivity (Wildman–Crippen MR) is 76.8 cm³/mol. The van der Waals surface area contributed by atoms with Gasteiger partial charge >= 0.3 is 0 Å². The average molecular weight is 328 g/mol. The summed E-state index contributed by atoms with van der Waals surface area (Å²) in [6.07, 6.45) is 0.506. The molecule has 0 spiro atoms. The van der Waals surface area contributed by atoms with Crippen LogP contribution >= 0.6 is 34.8 Å². The third-order valence-corrected chi connectivity index (χ3v) is 3.63. The fourth-order valence-corrected chi connectivity index (χ4v) is 2.84. The zero-order chi connectivity index (χ0) is 15.0. The molecule has 0 aromatic rings. The van der Waals surface area contributed by atoms with Crippen molar-refractivity contribution in [2.45, 2.75) is 43.8 Å². The van der Waals surface area contributed by atoms with E-state index in [1.807, 2.05) is 13.8 Å². The van der Waals surface area contributed by atoms with Crippen molar-refractivity contribution in [2.75, 3.05) is 0 Å². The lowest BCUT2D eigenvalue weighted by atomic mass is 9.72. The molecule has 1 rings (SSSR count). The zero-order valence-corrected chi connectivity index (χ0v) is 13.4. The molecule has 1 aliphatic carbocycles. The second-order valence-corrected chi connectivity index (χ2v) is 8.30. The van der Waals surface area contributed by atoms with Crippen LogP contribution in [0.15, 0.2) is 11.3 Å². The summed E-state index contributed by atoms with van der Waals surface area (Å²) in [4.78, 5) is 23.9. The molecule has 19 heavy (non-hydrogen) atoms. The van der Waals surface area contributed by atoms with Crippen LogP contribution in [0.2, 0.25) is 0 Å².